The van der Waals surface area contributed by atoms with Crippen LogP contribution in [0.5, 0.6) is 11.5 Å². The van der Waals surface area contributed by atoms with Crippen molar-refractivity contribution in [2.45, 2.75) is 0 Å². The zero-order valence-electron chi connectivity index (χ0n) is 13.3. The molecule has 0 spiro atoms. The SMILES string of the molecule is C(#Cc1cccc(C#Cc2ccc3c(c2)OCO3)n1)c1ccccc1. The van der Waals surface area contributed by atoms with Gasteiger partial charge in [-0.3, -0.25) is 0 Å². The number of benzene rings is 2. The van der Waals surface area contributed by atoms with Crippen molar-refractivity contribution in [2.75, 3.05) is 6.79 Å². The Balaban J connectivity index is 1.56. The molecule has 3 nitrogen and oxygen atoms in total. The summed E-state index contributed by atoms with van der Waals surface area (Å²) in [7, 11) is 0. The molecule has 25 heavy (non-hydrogen) atoms. The molecule has 1 aliphatic heterocycles. The van der Waals surface area contributed by atoms with Crippen molar-refractivity contribution in [2.24, 2.45) is 0 Å². The summed E-state index contributed by atoms with van der Waals surface area (Å²) in [4.78, 5) is 4.47. The van der Waals surface area contributed by atoms with Crippen LogP contribution in [0.2, 0.25) is 0 Å². The monoisotopic (exact) mass is 323 g/mol. The Bertz CT molecular complexity index is 1030. The second kappa shape index (κ2) is 6.83. The van der Waals surface area contributed by atoms with E-state index in [0.717, 1.165) is 22.6 Å². The van der Waals surface area contributed by atoms with E-state index in [0.29, 0.717) is 11.4 Å². The molecule has 118 valence electrons. The number of fused-ring (bicyclic) bond motifs is 1. The Morgan fingerprint density at radius 3 is 2.16 bits per heavy atom. The van der Waals surface area contributed by atoms with E-state index in [4.69, 9.17) is 9.47 Å². The first kappa shape index (κ1) is 14.9. The number of hydrogen-bond acceptors (Lipinski definition) is 3. The number of aromatic nitrogens is 1. The van der Waals surface area contributed by atoms with Crippen LogP contribution in [0.4, 0.5) is 0 Å². The van der Waals surface area contributed by atoms with Gasteiger partial charge in [-0.1, -0.05) is 36.1 Å². The molecule has 0 radical (unpaired) electrons. The van der Waals surface area contributed by atoms with E-state index in [-0.39, 0.29) is 6.79 Å². The van der Waals surface area contributed by atoms with Crippen molar-refractivity contribution in [1.29, 1.82) is 0 Å². The predicted molar refractivity (Wildman–Crippen MR) is 95.2 cm³/mol. The summed E-state index contributed by atoms with van der Waals surface area (Å²) in [6.45, 7) is 0.260. The van der Waals surface area contributed by atoms with Crippen molar-refractivity contribution in [3.63, 3.8) is 0 Å². The summed E-state index contributed by atoms with van der Waals surface area (Å²) >= 11 is 0. The van der Waals surface area contributed by atoms with E-state index in [1.807, 2.05) is 66.7 Å². The summed E-state index contributed by atoms with van der Waals surface area (Å²) in [6, 6.07) is 21.1. The number of pyridine rings is 1. The first-order valence-corrected chi connectivity index (χ1v) is 7.83. The highest BCUT2D eigenvalue weighted by molar-refractivity contribution is 5.51. The topological polar surface area (TPSA) is 31.4 Å². The standard InChI is InChI=1S/C22H13NO2/c1-2-5-17(6-3-1)9-12-19-7-4-8-20(23-19)13-10-18-11-14-21-22(15-18)25-16-24-21/h1-8,11,14-15H,16H2. The third kappa shape index (κ3) is 3.63. The lowest BCUT2D eigenvalue weighted by molar-refractivity contribution is 0.174. The Kier molecular flexibility index (Phi) is 4.06. The van der Waals surface area contributed by atoms with Gasteiger partial charge in [0.25, 0.3) is 0 Å². The highest BCUT2D eigenvalue weighted by Crippen LogP contribution is 2.32. The highest BCUT2D eigenvalue weighted by Gasteiger charge is 2.12. The molecule has 0 saturated heterocycles. The van der Waals surface area contributed by atoms with Gasteiger partial charge in [-0.15, -0.1) is 0 Å². The molecule has 3 heteroatoms. The minimum absolute atomic E-state index is 0.260. The van der Waals surface area contributed by atoms with Gasteiger partial charge in [-0.25, -0.2) is 4.98 Å². The van der Waals surface area contributed by atoms with Crippen LogP contribution in [0.15, 0.2) is 66.7 Å². The maximum absolute atomic E-state index is 5.36. The fraction of sp³-hybridized carbons (Fsp3) is 0.0455. The van der Waals surface area contributed by atoms with Crippen molar-refractivity contribution in [1.82, 2.24) is 4.98 Å². The van der Waals surface area contributed by atoms with Gasteiger partial charge in [0.05, 0.1) is 0 Å². The third-order valence-electron chi connectivity index (χ3n) is 3.57. The first-order chi connectivity index (χ1) is 12.4. The molecule has 0 unspecified atom stereocenters. The molecule has 0 amide bonds. The lowest BCUT2D eigenvalue weighted by atomic mass is 10.2. The van der Waals surface area contributed by atoms with Crippen molar-refractivity contribution in [3.8, 4) is 35.2 Å². The van der Waals surface area contributed by atoms with Gasteiger partial charge in [0.15, 0.2) is 11.5 Å². The van der Waals surface area contributed by atoms with Gasteiger partial charge in [0, 0.05) is 11.1 Å². The first-order valence-electron chi connectivity index (χ1n) is 7.83. The Hall–Kier alpha value is -3.69. The van der Waals surface area contributed by atoms with Crippen LogP contribution in [-0.2, 0) is 0 Å². The summed E-state index contributed by atoms with van der Waals surface area (Å²) in [6.07, 6.45) is 0. The summed E-state index contributed by atoms with van der Waals surface area (Å²) in [5.74, 6) is 13.8. The maximum Gasteiger partial charge on any atom is 0.231 e. The van der Waals surface area contributed by atoms with Crippen LogP contribution in [0.25, 0.3) is 0 Å². The molecule has 0 fully saturated rings. The molecular weight excluding hydrogens is 310 g/mol. The molecule has 4 rings (SSSR count). The Morgan fingerprint density at radius 2 is 1.36 bits per heavy atom. The smallest absolute Gasteiger partial charge is 0.231 e. The Labute approximate surface area is 146 Å². The van der Waals surface area contributed by atoms with Gasteiger partial charge >= 0.3 is 0 Å². The van der Waals surface area contributed by atoms with Crippen LogP contribution in [-0.4, -0.2) is 11.8 Å². The summed E-state index contributed by atoms with van der Waals surface area (Å²) in [5, 5.41) is 0. The van der Waals surface area contributed by atoms with Gasteiger partial charge in [0.1, 0.15) is 11.4 Å². The minimum Gasteiger partial charge on any atom is -0.454 e. The molecule has 0 N–H and O–H groups in total. The largest absolute Gasteiger partial charge is 0.454 e. The van der Waals surface area contributed by atoms with E-state index in [1.165, 1.54) is 0 Å². The van der Waals surface area contributed by atoms with Crippen LogP contribution in [0.3, 0.4) is 0 Å². The van der Waals surface area contributed by atoms with Gasteiger partial charge in [-0.2, -0.15) is 0 Å². The quantitative estimate of drug-likeness (QED) is 0.592. The normalized spacial score (nSPS) is 11.0. The molecular formula is C22H13NO2. The maximum atomic E-state index is 5.36. The average Bonchev–Trinajstić information content (AvgIpc) is 3.14. The van der Waals surface area contributed by atoms with Crippen molar-refractivity contribution < 1.29 is 9.47 Å². The predicted octanol–water partition coefficient (Wildman–Crippen LogP) is 3.61. The molecule has 2 aromatic carbocycles. The van der Waals surface area contributed by atoms with E-state index < -0.39 is 0 Å². The van der Waals surface area contributed by atoms with Crippen molar-refractivity contribution in [3.05, 3.63) is 89.2 Å². The number of rotatable bonds is 0. The number of ether oxygens (including phenoxy) is 2. The molecule has 3 aromatic rings. The lowest BCUT2D eigenvalue weighted by Crippen LogP contribution is -1.92. The molecule has 0 atom stereocenters. The molecule has 0 saturated carbocycles. The van der Waals surface area contributed by atoms with Crippen molar-refractivity contribution >= 4 is 0 Å². The zero-order chi connectivity index (χ0) is 16.9. The molecule has 2 heterocycles. The fourth-order valence-electron chi connectivity index (χ4n) is 2.34. The fourth-order valence-corrected chi connectivity index (χ4v) is 2.34. The second-order valence-corrected chi connectivity index (χ2v) is 5.34. The van der Waals surface area contributed by atoms with Gasteiger partial charge < -0.3 is 9.47 Å². The van der Waals surface area contributed by atoms with Crippen LogP contribution < -0.4 is 9.47 Å². The van der Waals surface area contributed by atoms with E-state index >= 15 is 0 Å². The molecule has 1 aliphatic rings. The molecule has 1 aromatic heterocycles. The highest BCUT2D eigenvalue weighted by atomic mass is 16.7. The molecule has 0 aliphatic carbocycles. The molecule has 0 bridgehead atoms. The zero-order valence-corrected chi connectivity index (χ0v) is 13.3. The summed E-state index contributed by atoms with van der Waals surface area (Å²) < 4.78 is 10.7. The van der Waals surface area contributed by atoms with Crippen LogP contribution in [0, 0.1) is 23.7 Å². The minimum atomic E-state index is 0.260. The van der Waals surface area contributed by atoms with Gasteiger partial charge in [-0.05, 0) is 54.3 Å². The van der Waals surface area contributed by atoms with E-state index in [1.54, 1.807) is 0 Å². The summed E-state index contributed by atoms with van der Waals surface area (Å²) in [5.41, 5.74) is 3.19. The van der Waals surface area contributed by atoms with E-state index in [2.05, 4.69) is 28.7 Å². The lowest BCUT2D eigenvalue weighted by Gasteiger charge is -1.95. The van der Waals surface area contributed by atoms with Gasteiger partial charge in [0.2, 0.25) is 6.79 Å². The van der Waals surface area contributed by atoms with E-state index in [9.17, 15) is 0 Å². The number of nitrogens with zero attached hydrogens (tertiary/aromatic N) is 1. The second-order valence-electron chi connectivity index (χ2n) is 5.34. The average molecular weight is 323 g/mol. The van der Waals surface area contributed by atoms with Crippen LogP contribution in [0.1, 0.15) is 22.5 Å². The third-order valence-corrected chi connectivity index (χ3v) is 3.57. The van der Waals surface area contributed by atoms with Crippen LogP contribution >= 0.6 is 0 Å². The number of hydrogen-bond donors (Lipinski definition) is 0. The Morgan fingerprint density at radius 1 is 0.640 bits per heavy atom.